The van der Waals surface area contributed by atoms with Gasteiger partial charge >= 0.3 is 0 Å². The molecule has 1 N–H and O–H groups in total. The predicted octanol–water partition coefficient (Wildman–Crippen LogP) is 1.09. The van der Waals surface area contributed by atoms with E-state index < -0.39 is 11.2 Å². The molecule has 1 aliphatic carbocycles. The first-order valence-electron chi connectivity index (χ1n) is 6.48. The molecule has 1 unspecified atom stereocenters. The van der Waals surface area contributed by atoms with Gasteiger partial charge in [0.25, 0.3) is 5.56 Å². The number of aliphatic carboxylic acids is 1. The summed E-state index contributed by atoms with van der Waals surface area (Å²) in [5.41, 5.74) is 0.969. The number of nitrogens with one attached hydrogen (secondary N) is 1. The molecule has 3 rings (SSSR count). The third-order valence-electron chi connectivity index (χ3n) is 3.42. The van der Waals surface area contributed by atoms with Crippen LogP contribution in [-0.2, 0) is 17.6 Å². The second-order valence-corrected chi connectivity index (χ2v) is 7.25. The maximum Gasteiger partial charge on any atom is 0.260 e. The van der Waals surface area contributed by atoms with Crippen LogP contribution in [0.5, 0.6) is 0 Å². The van der Waals surface area contributed by atoms with Gasteiger partial charge in [-0.3, -0.25) is 4.79 Å². The first-order chi connectivity index (χ1) is 9.56. The lowest BCUT2D eigenvalue weighted by atomic mass is 9.97. The number of thioether (sulfide) groups is 1. The van der Waals surface area contributed by atoms with E-state index in [1.165, 1.54) is 11.8 Å². The van der Waals surface area contributed by atoms with Crippen LogP contribution in [0, 0.1) is 0 Å². The highest BCUT2D eigenvalue weighted by Gasteiger charge is 2.20. The molecule has 1 aliphatic rings. The fraction of sp³-hybridized carbons (Fsp3) is 0.462. The van der Waals surface area contributed by atoms with Crippen LogP contribution in [0.25, 0.3) is 10.2 Å². The molecular formula is C13H13N2O3S2-. The molecule has 0 saturated carbocycles. The number of carbonyl (C=O) groups is 1. The topological polar surface area (TPSA) is 85.9 Å². The third-order valence-corrected chi connectivity index (χ3v) is 5.57. The van der Waals surface area contributed by atoms with E-state index in [1.807, 2.05) is 0 Å². The van der Waals surface area contributed by atoms with Gasteiger partial charge in [0.05, 0.1) is 11.4 Å². The molecule has 1 atom stereocenters. The number of hydrogen-bond donors (Lipinski definition) is 1. The van der Waals surface area contributed by atoms with Crippen LogP contribution in [0.2, 0.25) is 0 Å². The lowest BCUT2D eigenvalue weighted by molar-refractivity contribution is -0.304. The van der Waals surface area contributed by atoms with Gasteiger partial charge in [0, 0.05) is 10.1 Å². The molecule has 0 fully saturated rings. The van der Waals surface area contributed by atoms with Crippen LogP contribution < -0.4 is 10.7 Å². The molecule has 7 heteroatoms. The highest BCUT2D eigenvalue weighted by Crippen LogP contribution is 2.34. The molecule has 0 bridgehead atoms. The van der Waals surface area contributed by atoms with Gasteiger partial charge in [0.2, 0.25) is 0 Å². The van der Waals surface area contributed by atoms with E-state index in [0.29, 0.717) is 15.4 Å². The maximum absolute atomic E-state index is 12.2. The Morgan fingerprint density at radius 2 is 2.20 bits per heavy atom. The summed E-state index contributed by atoms with van der Waals surface area (Å²) in [6.07, 6.45) is 4.20. The molecule has 0 radical (unpaired) electrons. The van der Waals surface area contributed by atoms with Crippen molar-refractivity contribution in [1.82, 2.24) is 9.97 Å². The number of fused-ring (bicyclic) bond motifs is 3. The minimum absolute atomic E-state index is 0.164. The SMILES string of the molecule is CC(Sc1nc2sc3c(c2c(=O)[nH]1)CCCC3)C(=O)[O-]. The average molecular weight is 309 g/mol. The summed E-state index contributed by atoms with van der Waals surface area (Å²) in [5.74, 6) is -1.16. The second kappa shape index (κ2) is 5.21. The number of aryl methyl sites for hydroxylation is 2. The van der Waals surface area contributed by atoms with E-state index in [4.69, 9.17) is 0 Å². The van der Waals surface area contributed by atoms with Crippen molar-refractivity contribution < 1.29 is 9.90 Å². The Morgan fingerprint density at radius 3 is 2.95 bits per heavy atom. The first-order valence-corrected chi connectivity index (χ1v) is 8.18. The highest BCUT2D eigenvalue weighted by molar-refractivity contribution is 8.00. The summed E-state index contributed by atoms with van der Waals surface area (Å²) in [5, 5.41) is 11.1. The monoisotopic (exact) mass is 309 g/mol. The highest BCUT2D eigenvalue weighted by atomic mass is 32.2. The fourth-order valence-electron chi connectivity index (χ4n) is 2.42. The Labute approximate surface area is 123 Å². The number of H-pyrrole nitrogens is 1. The minimum Gasteiger partial charge on any atom is -0.549 e. The normalized spacial score (nSPS) is 16.1. The first kappa shape index (κ1) is 13.6. The molecule has 0 saturated heterocycles. The van der Waals surface area contributed by atoms with Gasteiger partial charge in [-0.1, -0.05) is 11.8 Å². The minimum atomic E-state index is -1.16. The summed E-state index contributed by atoms with van der Waals surface area (Å²) >= 11 is 2.56. The second-order valence-electron chi connectivity index (χ2n) is 4.84. The lowest BCUT2D eigenvalue weighted by Crippen LogP contribution is -2.31. The zero-order chi connectivity index (χ0) is 14.3. The smallest absolute Gasteiger partial charge is 0.260 e. The number of aromatic amines is 1. The van der Waals surface area contributed by atoms with Crippen molar-refractivity contribution in [2.24, 2.45) is 0 Å². The summed E-state index contributed by atoms with van der Waals surface area (Å²) in [4.78, 5) is 32.0. The number of aromatic nitrogens is 2. The molecule has 0 aliphatic heterocycles. The third kappa shape index (κ3) is 2.35. The fourth-order valence-corrected chi connectivity index (χ4v) is 4.46. The van der Waals surface area contributed by atoms with E-state index >= 15 is 0 Å². The lowest BCUT2D eigenvalue weighted by Gasteiger charge is -2.11. The van der Waals surface area contributed by atoms with Crippen LogP contribution in [-0.4, -0.2) is 21.2 Å². The van der Waals surface area contributed by atoms with Crippen LogP contribution in [0.3, 0.4) is 0 Å². The van der Waals surface area contributed by atoms with Crippen molar-refractivity contribution >= 4 is 39.3 Å². The van der Waals surface area contributed by atoms with E-state index in [9.17, 15) is 14.7 Å². The summed E-state index contributed by atoms with van der Waals surface area (Å²) in [6.45, 7) is 1.52. The Hall–Kier alpha value is -1.34. The maximum atomic E-state index is 12.2. The zero-order valence-electron chi connectivity index (χ0n) is 10.9. The van der Waals surface area contributed by atoms with Crippen molar-refractivity contribution in [1.29, 1.82) is 0 Å². The summed E-state index contributed by atoms with van der Waals surface area (Å²) in [6, 6.07) is 0. The van der Waals surface area contributed by atoms with Crippen LogP contribution in [0.4, 0.5) is 0 Å². The van der Waals surface area contributed by atoms with Gasteiger partial charge in [-0.15, -0.1) is 11.3 Å². The Morgan fingerprint density at radius 1 is 1.45 bits per heavy atom. The number of carbonyl (C=O) groups excluding carboxylic acids is 1. The molecule has 5 nitrogen and oxygen atoms in total. The standard InChI is InChI=1S/C13H14N2O3S2/c1-6(12(17)18)19-13-14-10(16)9-7-4-2-3-5-8(7)20-11(9)15-13/h6H,2-5H2,1H3,(H,17,18)(H,14,15,16)/p-1. The van der Waals surface area contributed by atoms with Crippen LogP contribution in [0.15, 0.2) is 9.95 Å². The average Bonchev–Trinajstić information content (AvgIpc) is 2.76. The van der Waals surface area contributed by atoms with E-state index in [0.717, 1.165) is 43.0 Å². The van der Waals surface area contributed by atoms with Gasteiger partial charge in [0.15, 0.2) is 5.16 Å². The molecule has 0 spiro atoms. The van der Waals surface area contributed by atoms with Crippen LogP contribution in [0.1, 0.15) is 30.2 Å². The number of carboxylic acids is 1. The molecule has 2 aromatic heterocycles. The van der Waals surface area contributed by atoms with Gasteiger partial charge in [-0.2, -0.15) is 0 Å². The number of nitrogens with zero attached hydrogens (tertiary/aromatic N) is 1. The molecular weight excluding hydrogens is 296 g/mol. The van der Waals surface area contributed by atoms with Crippen molar-refractivity contribution in [2.45, 2.75) is 43.0 Å². The number of carboxylic acid groups (broad SMARTS) is 1. The van der Waals surface area contributed by atoms with Crippen molar-refractivity contribution in [3.05, 3.63) is 20.8 Å². The largest absolute Gasteiger partial charge is 0.549 e. The van der Waals surface area contributed by atoms with Crippen LogP contribution >= 0.6 is 23.1 Å². The van der Waals surface area contributed by atoms with Gasteiger partial charge in [-0.25, -0.2) is 4.98 Å². The number of hydrogen-bond acceptors (Lipinski definition) is 6. The van der Waals surface area contributed by atoms with Crippen molar-refractivity contribution in [3.63, 3.8) is 0 Å². The van der Waals surface area contributed by atoms with E-state index in [-0.39, 0.29) is 5.56 Å². The van der Waals surface area contributed by atoms with Crippen molar-refractivity contribution in [2.75, 3.05) is 0 Å². The summed E-state index contributed by atoms with van der Waals surface area (Å²) in [7, 11) is 0. The number of thiophene rings is 1. The van der Waals surface area contributed by atoms with Crippen molar-refractivity contribution in [3.8, 4) is 0 Å². The molecule has 106 valence electrons. The van der Waals surface area contributed by atoms with Gasteiger partial charge in [0.1, 0.15) is 4.83 Å². The quantitative estimate of drug-likeness (QED) is 0.677. The number of rotatable bonds is 3. The molecule has 0 aromatic carbocycles. The zero-order valence-corrected chi connectivity index (χ0v) is 12.5. The van der Waals surface area contributed by atoms with Gasteiger partial charge < -0.3 is 14.9 Å². The predicted molar refractivity (Wildman–Crippen MR) is 77.2 cm³/mol. The van der Waals surface area contributed by atoms with Gasteiger partial charge in [-0.05, 0) is 38.2 Å². The molecule has 0 amide bonds. The molecule has 20 heavy (non-hydrogen) atoms. The Balaban J connectivity index is 2.06. The molecule has 2 heterocycles. The van der Waals surface area contributed by atoms with E-state index in [2.05, 4.69) is 9.97 Å². The summed E-state index contributed by atoms with van der Waals surface area (Å²) < 4.78 is 0. The molecule has 2 aromatic rings. The van der Waals surface area contributed by atoms with E-state index in [1.54, 1.807) is 11.3 Å². The Bertz CT molecular complexity index is 735. The Kier molecular flexibility index (Phi) is 3.55.